The van der Waals surface area contributed by atoms with Gasteiger partial charge in [0.2, 0.25) is 5.91 Å². The number of halogens is 1. The van der Waals surface area contributed by atoms with Crippen LogP contribution in [0.25, 0.3) is 0 Å². The van der Waals surface area contributed by atoms with E-state index in [-0.39, 0.29) is 18.3 Å². The number of carbonyl (C=O) groups excluding carboxylic acids is 1. The standard InChI is InChI=1S/C19H28FN5O/c1-21-19(22-13-18(26)23-16-7-5-6-15(20)12-16)25-11-8-17(14-25)24-9-3-2-4-10-24/h5-7,12,17H,2-4,8-11,13-14H2,1H3,(H,21,22)(H,23,26). The maximum absolute atomic E-state index is 13.2. The van der Waals surface area contributed by atoms with E-state index >= 15 is 0 Å². The molecule has 1 unspecified atom stereocenters. The number of nitrogens with one attached hydrogen (secondary N) is 2. The SMILES string of the molecule is CN=C(NCC(=O)Nc1cccc(F)c1)N1CCC(N2CCCCC2)C1. The maximum Gasteiger partial charge on any atom is 0.243 e. The van der Waals surface area contributed by atoms with Gasteiger partial charge in [0.25, 0.3) is 0 Å². The van der Waals surface area contributed by atoms with Crippen LogP contribution in [0, 0.1) is 5.82 Å². The Labute approximate surface area is 154 Å². The zero-order valence-corrected chi connectivity index (χ0v) is 15.4. The monoisotopic (exact) mass is 361 g/mol. The van der Waals surface area contributed by atoms with Crippen LogP contribution >= 0.6 is 0 Å². The van der Waals surface area contributed by atoms with Gasteiger partial charge in [-0.15, -0.1) is 0 Å². The molecule has 0 spiro atoms. The van der Waals surface area contributed by atoms with Crippen LogP contribution in [0.3, 0.4) is 0 Å². The number of carbonyl (C=O) groups is 1. The number of rotatable bonds is 4. The summed E-state index contributed by atoms with van der Waals surface area (Å²) in [6, 6.07) is 6.47. The third kappa shape index (κ3) is 4.94. The lowest BCUT2D eigenvalue weighted by Gasteiger charge is -2.32. The molecule has 142 valence electrons. The normalized spacial score (nSPS) is 21.7. The molecule has 6 nitrogen and oxygen atoms in total. The summed E-state index contributed by atoms with van der Waals surface area (Å²) >= 11 is 0. The number of nitrogens with zero attached hydrogens (tertiary/aromatic N) is 3. The summed E-state index contributed by atoms with van der Waals surface area (Å²) in [7, 11) is 1.74. The van der Waals surface area contributed by atoms with Crippen molar-refractivity contribution >= 4 is 17.6 Å². The molecule has 0 bridgehead atoms. The highest BCUT2D eigenvalue weighted by Gasteiger charge is 2.30. The van der Waals surface area contributed by atoms with Gasteiger partial charge in [0, 0.05) is 31.9 Å². The predicted octanol–water partition coefficient (Wildman–Crippen LogP) is 1.90. The summed E-state index contributed by atoms with van der Waals surface area (Å²) in [5.41, 5.74) is 0.457. The van der Waals surface area contributed by atoms with Crippen molar-refractivity contribution in [3.63, 3.8) is 0 Å². The molecule has 2 saturated heterocycles. The van der Waals surface area contributed by atoms with Gasteiger partial charge >= 0.3 is 0 Å². The molecule has 0 aromatic heterocycles. The van der Waals surface area contributed by atoms with E-state index in [0.717, 1.165) is 25.5 Å². The minimum absolute atomic E-state index is 0.105. The minimum Gasteiger partial charge on any atom is -0.347 e. The van der Waals surface area contributed by atoms with Crippen molar-refractivity contribution < 1.29 is 9.18 Å². The fourth-order valence-corrected chi connectivity index (χ4v) is 3.78. The number of guanidine groups is 1. The summed E-state index contributed by atoms with van der Waals surface area (Å²) in [6.45, 7) is 4.40. The molecule has 3 rings (SSSR count). The molecule has 1 amide bonds. The average Bonchev–Trinajstić information content (AvgIpc) is 3.13. The van der Waals surface area contributed by atoms with Crippen molar-refractivity contribution in [2.24, 2.45) is 4.99 Å². The second-order valence-corrected chi connectivity index (χ2v) is 6.94. The smallest absolute Gasteiger partial charge is 0.243 e. The first-order chi connectivity index (χ1) is 12.7. The van der Waals surface area contributed by atoms with Crippen molar-refractivity contribution in [2.75, 3.05) is 45.1 Å². The second kappa shape index (κ2) is 8.98. The molecule has 2 heterocycles. The molecule has 7 heteroatoms. The van der Waals surface area contributed by atoms with Gasteiger partial charge in [0.15, 0.2) is 5.96 Å². The molecule has 0 radical (unpaired) electrons. The van der Waals surface area contributed by atoms with Crippen molar-refractivity contribution in [3.8, 4) is 0 Å². The quantitative estimate of drug-likeness (QED) is 0.635. The van der Waals surface area contributed by atoms with Crippen molar-refractivity contribution in [1.29, 1.82) is 0 Å². The van der Waals surface area contributed by atoms with Crippen LogP contribution in [0.15, 0.2) is 29.3 Å². The molecule has 2 N–H and O–H groups in total. The average molecular weight is 361 g/mol. The number of hydrogen-bond donors (Lipinski definition) is 2. The number of benzene rings is 1. The Balaban J connectivity index is 1.46. The van der Waals surface area contributed by atoms with Gasteiger partial charge in [0.1, 0.15) is 5.82 Å². The Hall–Kier alpha value is -2.15. The summed E-state index contributed by atoms with van der Waals surface area (Å²) in [5.74, 6) is 0.162. The fourth-order valence-electron chi connectivity index (χ4n) is 3.78. The van der Waals surface area contributed by atoms with E-state index in [9.17, 15) is 9.18 Å². The lowest BCUT2D eigenvalue weighted by atomic mass is 10.1. The molecule has 0 aliphatic carbocycles. The van der Waals surface area contributed by atoms with E-state index in [1.807, 2.05) is 0 Å². The first kappa shape index (κ1) is 18.6. The number of amides is 1. The zero-order chi connectivity index (χ0) is 18.4. The molecule has 0 saturated carbocycles. The number of piperidine rings is 1. The largest absolute Gasteiger partial charge is 0.347 e. The van der Waals surface area contributed by atoms with Crippen LogP contribution in [0.2, 0.25) is 0 Å². The molecular weight excluding hydrogens is 333 g/mol. The van der Waals surface area contributed by atoms with Crippen molar-refractivity contribution in [2.45, 2.75) is 31.7 Å². The first-order valence-electron chi connectivity index (χ1n) is 9.41. The molecular formula is C19H28FN5O. The summed E-state index contributed by atoms with van der Waals surface area (Å²) in [4.78, 5) is 21.2. The van der Waals surface area contributed by atoms with Crippen molar-refractivity contribution in [3.05, 3.63) is 30.1 Å². The van der Waals surface area contributed by atoms with Crippen LogP contribution in [-0.4, -0.2) is 67.5 Å². The van der Waals surface area contributed by atoms with Crippen LogP contribution in [0.1, 0.15) is 25.7 Å². The van der Waals surface area contributed by atoms with Gasteiger partial charge in [-0.05, 0) is 50.6 Å². The van der Waals surface area contributed by atoms with Gasteiger partial charge < -0.3 is 15.5 Å². The fraction of sp³-hybridized carbons (Fsp3) is 0.579. The maximum atomic E-state index is 13.2. The summed E-state index contributed by atoms with van der Waals surface area (Å²) in [5, 5.41) is 5.81. The third-order valence-corrected chi connectivity index (χ3v) is 5.10. The molecule has 1 aromatic carbocycles. The van der Waals surface area contributed by atoms with E-state index in [4.69, 9.17) is 0 Å². The zero-order valence-electron chi connectivity index (χ0n) is 15.4. The Kier molecular flexibility index (Phi) is 6.44. The van der Waals surface area contributed by atoms with E-state index in [0.29, 0.717) is 11.7 Å². The Morgan fingerprint density at radius 1 is 1.27 bits per heavy atom. The molecule has 2 aliphatic rings. The van der Waals surface area contributed by atoms with Crippen LogP contribution in [0.5, 0.6) is 0 Å². The van der Waals surface area contributed by atoms with Gasteiger partial charge in [-0.25, -0.2) is 4.39 Å². The van der Waals surface area contributed by atoms with Gasteiger partial charge in [-0.1, -0.05) is 12.5 Å². The Bertz CT molecular complexity index is 645. The number of anilines is 1. The lowest BCUT2D eigenvalue weighted by molar-refractivity contribution is -0.115. The van der Waals surface area contributed by atoms with Crippen molar-refractivity contribution in [1.82, 2.24) is 15.1 Å². The van der Waals surface area contributed by atoms with Gasteiger partial charge in [-0.2, -0.15) is 0 Å². The molecule has 1 aromatic rings. The number of aliphatic imine (C=N–C) groups is 1. The lowest BCUT2D eigenvalue weighted by Crippen LogP contribution is -2.46. The molecule has 26 heavy (non-hydrogen) atoms. The first-order valence-corrected chi connectivity index (χ1v) is 9.41. The summed E-state index contributed by atoms with van der Waals surface area (Å²) < 4.78 is 13.2. The third-order valence-electron chi connectivity index (χ3n) is 5.10. The van der Waals surface area contributed by atoms with Crippen LogP contribution in [-0.2, 0) is 4.79 Å². The van der Waals surface area contributed by atoms with Crippen LogP contribution in [0.4, 0.5) is 10.1 Å². The predicted molar refractivity (Wildman–Crippen MR) is 102 cm³/mol. The second-order valence-electron chi connectivity index (χ2n) is 6.94. The molecule has 1 atom stereocenters. The highest BCUT2D eigenvalue weighted by molar-refractivity contribution is 5.95. The highest BCUT2D eigenvalue weighted by Crippen LogP contribution is 2.20. The van der Waals surface area contributed by atoms with Crippen LogP contribution < -0.4 is 10.6 Å². The highest BCUT2D eigenvalue weighted by atomic mass is 19.1. The van der Waals surface area contributed by atoms with Gasteiger partial charge in [0.05, 0.1) is 6.54 Å². The molecule has 2 aliphatic heterocycles. The molecule has 2 fully saturated rings. The van der Waals surface area contributed by atoms with E-state index in [2.05, 4.69) is 25.4 Å². The Morgan fingerprint density at radius 3 is 2.81 bits per heavy atom. The van der Waals surface area contributed by atoms with E-state index < -0.39 is 0 Å². The topological polar surface area (TPSA) is 60.0 Å². The minimum atomic E-state index is -0.368. The summed E-state index contributed by atoms with van der Waals surface area (Å²) in [6.07, 6.45) is 5.07. The van der Waals surface area contributed by atoms with E-state index in [1.165, 1.54) is 44.5 Å². The van der Waals surface area contributed by atoms with E-state index in [1.54, 1.807) is 19.2 Å². The van der Waals surface area contributed by atoms with Gasteiger partial charge in [-0.3, -0.25) is 14.7 Å². The Morgan fingerprint density at radius 2 is 2.08 bits per heavy atom. The number of hydrogen-bond acceptors (Lipinski definition) is 3. The number of likely N-dealkylation sites (tertiary alicyclic amines) is 2.